The van der Waals surface area contributed by atoms with E-state index in [0.29, 0.717) is 5.58 Å². The van der Waals surface area contributed by atoms with Crippen molar-refractivity contribution in [1.29, 1.82) is 0 Å². The number of aryl methyl sites for hydroxylation is 1. The van der Waals surface area contributed by atoms with E-state index in [-0.39, 0.29) is 11.7 Å². The molecule has 0 saturated heterocycles. The van der Waals surface area contributed by atoms with Gasteiger partial charge in [0.2, 0.25) is 0 Å². The van der Waals surface area contributed by atoms with E-state index in [9.17, 15) is 4.79 Å². The van der Waals surface area contributed by atoms with Gasteiger partial charge < -0.3 is 9.15 Å². The second kappa shape index (κ2) is 6.36. The molecular weight excluding hydrogens is 292 g/mol. The van der Waals surface area contributed by atoms with Gasteiger partial charge in [0.1, 0.15) is 11.3 Å². The lowest BCUT2D eigenvalue weighted by molar-refractivity contribution is 0.0929. The van der Waals surface area contributed by atoms with E-state index in [1.165, 1.54) is 0 Å². The minimum atomic E-state index is -0.386. The number of hydrazone groups is 1. The first kappa shape index (κ1) is 14.8. The third-order valence-electron chi connectivity index (χ3n) is 3.50. The third kappa shape index (κ3) is 3.23. The van der Waals surface area contributed by atoms with E-state index < -0.39 is 0 Å². The maximum Gasteiger partial charge on any atom is 0.307 e. The Bertz CT molecular complexity index is 848. The molecule has 1 amide bonds. The molecule has 1 N–H and O–H groups in total. The van der Waals surface area contributed by atoms with Crippen molar-refractivity contribution in [1.82, 2.24) is 5.43 Å². The van der Waals surface area contributed by atoms with Crippen molar-refractivity contribution in [2.75, 3.05) is 7.11 Å². The van der Waals surface area contributed by atoms with Gasteiger partial charge in [-0.05, 0) is 48.4 Å². The Morgan fingerprint density at radius 1 is 1.22 bits per heavy atom. The van der Waals surface area contributed by atoms with Gasteiger partial charge in [-0.1, -0.05) is 18.2 Å². The maximum absolute atomic E-state index is 12.1. The monoisotopic (exact) mass is 308 g/mol. The Labute approximate surface area is 133 Å². The molecule has 3 aromatic rings. The van der Waals surface area contributed by atoms with Crippen LogP contribution in [0.1, 0.15) is 21.7 Å². The highest BCUT2D eigenvalue weighted by Crippen LogP contribution is 2.18. The van der Waals surface area contributed by atoms with E-state index >= 15 is 0 Å². The molecule has 0 aliphatic rings. The Kier molecular flexibility index (Phi) is 4.10. The Morgan fingerprint density at radius 2 is 2.04 bits per heavy atom. The van der Waals surface area contributed by atoms with Crippen molar-refractivity contribution in [3.63, 3.8) is 0 Å². The van der Waals surface area contributed by atoms with Gasteiger partial charge in [0.25, 0.3) is 0 Å². The summed E-state index contributed by atoms with van der Waals surface area (Å²) in [7, 11) is 1.62. The second-order valence-electron chi connectivity index (χ2n) is 5.07. The van der Waals surface area contributed by atoms with Gasteiger partial charge in [-0.3, -0.25) is 4.79 Å². The molecule has 0 saturated carbocycles. The van der Waals surface area contributed by atoms with Crippen LogP contribution in [0.15, 0.2) is 58.0 Å². The van der Waals surface area contributed by atoms with E-state index in [0.717, 1.165) is 22.3 Å². The average Bonchev–Trinajstić information content (AvgIpc) is 3.00. The van der Waals surface area contributed by atoms with Gasteiger partial charge in [-0.2, -0.15) is 5.10 Å². The van der Waals surface area contributed by atoms with Gasteiger partial charge in [0.05, 0.1) is 13.3 Å². The smallest absolute Gasteiger partial charge is 0.307 e. The first-order valence-electron chi connectivity index (χ1n) is 7.14. The fourth-order valence-corrected chi connectivity index (χ4v) is 2.23. The van der Waals surface area contributed by atoms with E-state index in [1.807, 2.05) is 49.4 Å². The van der Waals surface area contributed by atoms with Crippen molar-refractivity contribution in [3.05, 3.63) is 65.4 Å². The number of carbonyl (C=O) groups is 1. The van der Waals surface area contributed by atoms with Crippen LogP contribution in [0.25, 0.3) is 11.0 Å². The van der Waals surface area contributed by atoms with Crippen molar-refractivity contribution >= 4 is 23.1 Å². The van der Waals surface area contributed by atoms with Crippen LogP contribution in [0.3, 0.4) is 0 Å². The summed E-state index contributed by atoms with van der Waals surface area (Å²) in [6, 6.07) is 14.8. The highest BCUT2D eigenvalue weighted by atomic mass is 16.5. The van der Waals surface area contributed by atoms with Crippen LogP contribution in [-0.2, 0) is 0 Å². The SMILES string of the molecule is COc1ccc(/C=N/NC(=O)c2cc3ccccc3o2)c(C)c1. The number of para-hydroxylation sites is 1. The molecule has 0 radical (unpaired) electrons. The fraction of sp³-hybridized carbons (Fsp3) is 0.111. The predicted octanol–water partition coefficient (Wildman–Crippen LogP) is 3.51. The zero-order valence-corrected chi connectivity index (χ0v) is 12.9. The third-order valence-corrected chi connectivity index (χ3v) is 3.50. The number of hydrogen-bond donors (Lipinski definition) is 1. The van der Waals surface area contributed by atoms with Crippen LogP contribution in [0.2, 0.25) is 0 Å². The zero-order chi connectivity index (χ0) is 16.2. The summed E-state index contributed by atoms with van der Waals surface area (Å²) < 4.78 is 10.6. The van der Waals surface area contributed by atoms with Gasteiger partial charge in [-0.25, -0.2) is 5.43 Å². The Morgan fingerprint density at radius 3 is 2.78 bits per heavy atom. The van der Waals surface area contributed by atoms with Crippen molar-refractivity contribution < 1.29 is 13.9 Å². The van der Waals surface area contributed by atoms with Gasteiger partial charge in [-0.15, -0.1) is 0 Å². The van der Waals surface area contributed by atoms with Crippen molar-refractivity contribution in [2.45, 2.75) is 6.92 Å². The van der Waals surface area contributed by atoms with Gasteiger partial charge in [0, 0.05) is 5.39 Å². The standard InChI is InChI=1S/C18H16N2O3/c1-12-9-15(22-2)8-7-14(12)11-19-20-18(21)17-10-13-5-3-4-6-16(13)23-17/h3-11H,1-2H3,(H,20,21)/b19-11+. The number of rotatable bonds is 4. The summed E-state index contributed by atoms with van der Waals surface area (Å²) in [5.74, 6) is 0.629. The van der Waals surface area contributed by atoms with Gasteiger partial charge >= 0.3 is 5.91 Å². The quantitative estimate of drug-likeness (QED) is 0.592. The molecule has 23 heavy (non-hydrogen) atoms. The molecule has 1 heterocycles. The molecule has 0 atom stereocenters. The lowest BCUT2D eigenvalue weighted by Crippen LogP contribution is -2.16. The number of fused-ring (bicyclic) bond motifs is 1. The summed E-state index contributed by atoms with van der Waals surface area (Å²) >= 11 is 0. The number of benzene rings is 2. The highest BCUT2D eigenvalue weighted by Gasteiger charge is 2.10. The number of nitrogens with zero attached hydrogens (tertiary/aromatic N) is 1. The van der Waals surface area contributed by atoms with Crippen molar-refractivity contribution in [2.24, 2.45) is 5.10 Å². The number of carbonyl (C=O) groups excluding carboxylic acids is 1. The number of ether oxygens (including phenoxy) is 1. The largest absolute Gasteiger partial charge is 0.497 e. The topological polar surface area (TPSA) is 63.8 Å². The zero-order valence-electron chi connectivity index (χ0n) is 12.9. The Hall–Kier alpha value is -3.08. The number of amides is 1. The predicted molar refractivity (Wildman–Crippen MR) is 89.0 cm³/mol. The number of furan rings is 1. The molecule has 1 aromatic heterocycles. The fourth-order valence-electron chi connectivity index (χ4n) is 2.23. The van der Waals surface area contributed by atoms with Crippen molar-refractivity contribution in [3.8, 4) is 5.75 Å². The average molecular weight is 308 g/mol. The summed E-state index contributed by atoms with van der Waals surface area (Å²) in [5, 5.41) is 4.86. The van der Waals surface area contributed by atoms with E-state index in [1.54, 1.807) is 19.4 Å². The molecular formula is C18H16N2O3. The summed E-state index contributed by atoms with van der Waals surface area (Å²) in [5.41, 5.74) is 5.05. The Balaban J connectivity index is 1.71. The van der Waals surface area contributed by atoms with Crippen LogP contribution in [0.5, 0.6) is 5.75 Å². The van der Waals surface area contributed by atoms with Crippen LogP contribution in [-0.4, -0.2) is 19.2 Å². The molecule has 0 unspecified atom stereocenters. The number of hydrogen-bond acceptors (Lipinski definition) is 4. The van der Waals surface area contributed by atoms with E-state index in [2.05, 4.69) is 10.5 Å². The molecule has 0 bridgehead atoms. The van der Waals surface area contributed by atoms with Gasteiger partial charge in [0.15, 0.2) is 5.76 Å². The summed E-state index contributed by atoms with van der Waals surface area (Å²) in [4.78, 5) is 12.1. The highest BCUT2D eigenvalue weighted by molar-refractivity contribution is 5.96. The first-order valence-corrected chi connectivity index (χ1v) is 7.14. The number of methoxy groups -OCH3 is 1. The van der Waals surface area contributed by atoms with Crippen LogP contribution >= 0.6 is 0 Å². The minimum Gasteiger partial charge on any atom is -0.497 e. The molecule has 3 rings (SSSR count). The molecule has 0 aliphatic carbocycles. The maximum atomic E-state index is 12.1. The molecule has 2 aromatic carbocycles. The van der Waals surface area contributed by atoms with E-state index in [4.69, 9.17) is 9.15 Å². The minimum absolute atomic E-state index is 0.231. The molecule has 116 valence electrons. The normalized spacial score (nSPS) is 11.0. The molecule has 5 heteroatoms. The van der Waals surface area contributed by atoms with Crippen LogP contribution < -0.4 is 10.2 Å². The molecule has 0 aliphatic heterocycles. The van der Waals surface area contributed by atoms with Crippen LogP contribution in [0.4, 0.5) is 0 Å². The second-order valence-corrected chi connectivity index (χ2v) is 5.07. The summed E-state index contributed by atoms with van der Waals surface area (Å²) in [6.07, 6.45) is 1.59. The number of nitrogens with one attached hydrogen (secondary N) is 1. The van der Waals surface area contributed by atoms with Crippen LogP contribution in [0, 0.1) is 6.92 Å². The lowest BCUT2D eigenvalue weighted by Gasteiger charge is -2.03. The lowest BCUT2D eigenvalue weighted by atomic mass is 10.1. The molecule has 0 spiro atoms. The first-order chi connectivity index (χ1) is 11.2. The summed E-state index contributed by atoms with van der Waals surface area (Å²) in [6.45, 7) is 1.95. The molecule has 0 fully saturated rings. The molecule has 5 nitrogen and oxygen atoms in total.